The third-order valence-corrected chi connectivity index (χ3v) is 5.21. The zero-order valence-corrected chi connectivity index (χ0v) is 15.0. The second-order valence-corrected chi connectivity index (χ2v) is 7.20. The Kier molecular flexibility index (Phi) is 5.21. The van der Waals surface area contributed by atoms with Crippen molar-refractivity contribution in [3.63, 3.8) is 0 Å². The number of carbonyl (C=O) groups is 2. The Morgan fingerprint density at radius 2 is 1.96 bits per heavy atom. The van der Waals surface area contributed by atoms with Gasteiger partial charge < -0.3 is 19.7 Å². The number of fused-ring (bicyclic) bond motifs is 1. The molecule has 0 unspecified atom stereocenters. The lowest BCUT2D eigenvalue weighted by molar-refractivity contribution is -0.121. The number of nitrogens with zero attached hydrogens (tertiary/aromatic N) is 3. The minimum absolute atomic E-state index is 0.0495. The van der Waals surface area contributed by atoms with E-state index in [9.17, 15) is 9.59 Å². The molecule has 0 atom stereocenters. The van der Waals surface area contributed by atoms with Crippen LogP contribution in [0.3, 0.4) is 0 Å². The van der Waals surface area contributed by atoms with Gasteiger partial charge in [0.2, 0.25) is 5.91 Å². The highest BCUT2D eigenvalue weighted by atomic mass is 16.5. The van der Waals surface area contributed by atoms with Gasteiger partial charge in [-0.05, 0) is 18.8 Å². The van der Waals surface area contributed by atoms with E-state index in [1.165, 1.54) is 12.8 Å². The molecule has 1 aliphatic carbocycles. The SMILES string of the molecule is O=C(CC1CC1)NCCn1nc(C(=O)N2CCOCC2)c2c1CCOC2. The maximum absolute atomic E-state index is 12.9. The predicted octanol–water partition coefficient (Wildman–Crippen LogP) is 0.345. The Morgan fingerprint density at radius 1 is 1.15 bits per heavy atom. The number of hydrogen-bond donors (Lipinski definition) is 1. The minimum atomic E-state index is -0.0495. The van der Waals surface area contributed by atoms with E-state index in [-0.39, 0.29) is 11.8 Å². The van der Waals surface area contributed by atoms with Crippen LogP contribution in [0.1, 0.15) is 41.0 Å². The van der Waals surface area contributed by atoms with E-state index in [2.05, 4.69) is 10.4 Å². The van der Waals surface area contributed by atoms with Gasteiger partial charge in [0.1, 0.15) is 0 Å². The summed E-state index contributed by atoms with van der Waals surface area (Å²) in [5, 5.41) is 7.56. The number of ether oxygens (including phenoxy) is 2. The standard InChI is InChI=1S/C18H26N4O4/c23-16(11-13-1-2-13)19-4-5-22-15-3-8-26-12-14(15)17(20-22)18(24)21-6-9-25-10-7-21/h13H,1-12H2,(H,19,23). The number of nitrogens with one attached hydrogen (secondary N) is 1. The first-order valence-electron chi connectivity index (χ1n) is 9.52. The third-order valence-electron chi connectivity index (χ3n) is 5.21. The van der Waals surface area contributed by atoms with Gasteiger partial charge in [0.25, 0.3) is 5.91 Å². The fourth-order valence-corrected chi connectivity index (χ4v) is 3.54. The number of aromatic nitrogens is 2. The quantitative estimate of drug-likeness (QED) is 0.789. The lowest BCUT2D eigenvalue weighted by Gasteiger charge is -2.26. The van der Waals surface area contributed by atoms with Gasteiger partial charge in [-0.3, -0.25) is 14.3 Å². The molecule has 4 rings (SSSR count). The van der Waals surface area contributed by atoms with Crippen LogP contribution in [0, 0.1) is 5.92 Å². The summed E-state index contributed by atoms with van der Waals surface area (Å²) in [6, 6.07) is 0. The lowest BCUT2D eigenvalue weighted by Crippen LogP contribution is -2.41. The van der Waals surface area contributed by atoms with Crippen molar-refractivity contribution in [1.29, 1.82) is 0 Å². The molecule has 3 aliphatic rings. The van der Waals surface area contributed by atoms with Crippen LogP contribution < -0.4 is 5.32 Å². The molecule has 1 saturated carbocycles. The molecule has 1 aromatic heterocycles. The van der Waals surface area contributed by atoms with E-state index in [1.54, 1.807) is 4.90 Å². The van der Waals surface area contributed by atoms with Crippen LogP contribution in [0.2, 0.25) is 0 Å². The van der Waals surface area contributed by atoms with Crippen LogP contribution >= 0.6 is 0 Å². The first-order chi connectivity index (χ1) is 12.7. The van der Waals surface area contributed by atoms with Crippen LogP contribution in [0.25, 0.3) is 0 Å². The van der Waals surface area contributed by atoms with Crippen LogP contribution in [-0.4, -0.2) is 65.9 Å². The number of morpholine rings is 1. The summed E-state index contributed by atoms with van der Waals surface area (Å²) in [6.07, 6.45) is 3.72. The van der Waals surface area contributed by atoms with E-state index in [0.717, 1.165) is 17.7 Å². The van der Waals surface area contributed by atoms with Crippen molar-refractivity contribution in [2.24, 2.45) is 5.92 Å². The number of rotatable bonds is 6. The molecule has 0 aromatic carbocycles. The largest absolute Gasteiger partial charge is 0.378 e. The molecular weight excluding hydrogens is 336 g/mol. The first-order valence-corrected chi connectivity index (χ1v) is 9.52. The number of carbonyl (C=O) groups excluding carboxylic acids is 2. The highest BCUT2D eigenvalue weighted by Crippen LogP contribution is 2.32. The molecule has 3 heterocycles. The highest BCUT2D eigenvalue weighted by molar-refractivity contribution is 5.94. The molecule has 0 bridgehead atoms. The fourth-order valence-electron chi connectivity index (χ4n) is 3.54. The Labute approximate surface area is 152 Å². The molecule has 1 aromatic rings. The van der Waals surface area contributed by atoms with Crippen molar-refractivity contribution < 1.29 is 19.1 Å². The summed E-state index contributed by atoms with van der Waals surface area (Å²) in [4.78, 5) is 26.5. The van der Waals surface area contributed by atoms with Gasteiger partial charge in [0.15, 0.2) is 5.69 Å². The molecule has 26 heavy (non-hydrogen) atoms. The van der Waals surface area contributed by atoms with Gasteiger partial charge in [-0.25, -0.2) is 0 Å². The van der Waals surface area contributed by atoms with Gasteiger partial charge in [0.05, 0.1) is 33.0 Å². The van der Waals surface area contributed by atoms with E-state index in [0.29, 0.717) is 70.6 Å². The molecule has 8 heteroatoms. The molecule has 2 fully saturated rings. The summed E-state index contributed by atoms with van der Waals surface area (Å²) in [6.45, 7) is 4.50. The predicted molar refractivity (Wildman–Crippen MR) is 92.7 cm³/mol. The first kappa shape index (κ1) is 17.5. The average Bonchev–Trinajstić information content (AvgIpc) is 3.41. The van der Waals surface area contributed by atoms with Crippen LogP contribution in [0.5, 0.6) is 0 Å². The monoisotopic (exact) mass is 362 g/mol. The van der Waals surface area contributed by atoms with Crippen LogP contribution in [0.4, 0.5) is 0 Å². The second kappa shape index (κ2) is 7.75. The normalized spacial score (nSPS) is 19.9. The van der Waals surface area contributed by atoms with Gasteiger partial charge in [0, 0.05) is 43.7 Å². The highest BCUT2D eigenvalue weighted by Gasteiger charge is 2.29. The molecule has 1 saturated heterocycles. The van der Waals surface area contributed by atoms with E-state index >= 15 is 0 Å². The molecule has 2 amide bonds. The van der Waals surface area contributed by atoms with E-state index in [1.807, 2.05) is 4.68 Å². The smallest absolute Gasteiger partial charge is 0.274 e. The van der Waals surface area contributed by atoms with Gasteiger partial charge >= 0.3 is 0 Å². The Bertz CT molecular complexity index is 677. The Hall–Kier alpha value is -1.93. The fraction of sp³-hybridized carbons (Fsp3) is 0.722. The summed E-state index contributed by atoms with van der Waals surface area (Å²) in [5.74, 6) is 0.649. The van der Waals surface area contributed by atoms with Crippen molar-refractivity contribution in [2.75, 3.05) is 39.5 Å². The second-order valence-electron chi connectivity index (χ2n) is 7.20. The maximum atomic E-state index is 12.9. The van der Waals surface area contributed by atoms with Crippen molar-refractivity contribution in [3.8, 4) is 0 Å². The molecule has 8 nitrogen and oxygen atoms in total. The summed E-state index contributed by atoms with van der Waals surface area (Å²) in [7, 11) is 0. The molecular formula is C18H26N4O4. The van der Waals surface area contributed by atoms with Crippen molar-refractivity contribution in [1.82, 2.24) is 20.0 Å². The Morgan fingerprint density at radius 3 is 2.73 bits per heavy atom. The van der Waals surface area contributed by atoms with Gasteiger partial charge in [-0.2, -0.15) is 5.10 Å². The Balaban J connectivity index is 1.43. The maximum Gasteiger partial charge on any atom is 0.274 e. The topological polar surface area (TPSA) is 85.7 Å². The van der Waals surface area contributed by atoms with Gasteiger partial charge in [-0.15, -0.1) is 0 Å². The summed E-state index contributed by atoms with van der Waals surface area (Å²) >= 11 is 0. The van der Waals surface area contributed by atoms with Crippen molar-refractivity contribution in [2.45, 2.75) is 38.8 Å². The van der Waals surface area contributed by atoms with Crippen LogP contribution in [-0.2, 0) is 33.8 Å². The van der Waals surface area contributed by atoms with E-state index in [4.69, 9.17) is 9.47 Å². The summed E-state index contributed by atoms with van der Waals surface area (Å²) < 4.78 is 12.8. The molecule has 1 N–H and O–H groups in total. The summed E-state index contributed by atoms with van der Waals surface area (Å²) in [5.41, 5.74) is 2.45. The average molecular weight is 362 g/mol. The van der Waals surface area contributed by atoms with Gasteiger partial charge in [-0.1, -0.05) is 0 Å². The minimum Gasteiger partial charge on any atom is -0.378 e. The molecule has 2 aliphatic heterocycles. The number of amides is 2. The zero-order valence-electron chi connectivity index (χ0n) is 15.0. The number of hydrogen-bond acceptors (Lipinski definition) is 5. The molecule has 0 spiro atoms. The molecule has 142 valence electrons. The molecule has 0 radical (unpaired) electrons. The van der Waals surface area contributed by atoms with Crippen molar-refractivity contribution >= 4 is 11.8 Å². The van der Waals surface area contributed by atoms with Crippen LogP contribution in [0.15, 0.2) is 0 Å². The van der Waals surface area contributed by atoms with E-state index < -0.39 is 0 Å². The van der Waals surface area contributed by atoms with Crippen molar-refractivity contribution in [3.05, 3.63) is 17.0 Å². The third kappa shape index (κ3) is 3.91. The zero-order chi connectivity index (χ0) is 17.9. The lowest BCUT2D eigenvalue weighted by atomic mass is 10.1.